The maximum Gasteiger partial charge on any atom is 0.133 e. The topological polar surface area (TPSA) is 45.4 Å². The number of hydrogen-bond acceptors (Lipinski definition) is 3. The smallest absolute Gasteiger partial charge is 0.133 e. The summed E-state index contributed by atoms with van der Waals surface area (Å²) in [6.07, 6.45) is 0.853. The third-order valence-corrected chi connectivity index (χ3v) is 3.77. The standard InChI is InChI=1S/C14H15Cl2NO2/c1-9(10-4-2-5-11(15)14(10)16)17-8-12(18)13-6-3-7-19-13/h2-7,9,12,17-18H,8H2,1H3. The molecule has 0 radical (unpaired) electrons. The van der Waals surface area contributed by atoms with Crippen molar-refractivity contribution in [3.8, 4) is 0 Å². The van der Waals surface area contributed by atoms with Crippen LogP contribution < -0.4 is 5.32 Å². The fourth-order valence-electron chi connectivity index (χ4n) is 1.83. The van der Waals surface area contributed by atoms with Crippen LogP contribution in [0.15, 0.2) is 41.0 Å². The molecule has 1 aromatic heterocycles. The highest BCUT2D eigenvalue weighted by molar-refractivity contribution is 6.42. The Morgan fingerprint density at radius 3 is 2.74 bits per heavy atom. The number of benzene rings is 1. The van der Waals surface area contributed by atoms with E-state index in [0.29, 0.717) is 22.4 Å². The van der Waals surface area contributed by atoms with Gasteiger partial charge < -0.3 is 14.8 Å². The molecular weight excluding hydrogens is 285 g/mol. The van der Waals surface area contributed by atoms with Gasteiger partial charge in [-0.2, -0.15) is 0 Å². The van der Waals surface area contributed by atoms with Gasteiger partial charge in [0, 0.05) is 12.6 Å². The molecular formula is C14H15Cl2NO2. The Hall–Kier alpha value is -1.000. The van der Waals surface area contributed by atoms with Crippen molar-refractivity contribution in [2.45, 2.75) is 19.1 Å². The highest BCUT2D eigenvalue weighted by atomic mass is 35.5. The van der Waals surface area contributed by atoms with E-state index >= 15 is 0 Å². The van der Waals surface area contributed by atoms with Crippen molar-refractivity contribution in [2.24, 2.45) is 0 Å². The second kappa shape index (κ2) is 6.44. The van der Waals surface area contributed by atoms with E-state index < -0.39 is 6.10 Å². The predicted molar refractivity (Wildman–Crippen MR) is 76.5 cm³/mol. The molecule has 0 fully saturated rings. The maximum atomic E-state index is 9.91. The third kappa shape index (κ3) is 3.51. The lowest BCUT2D eigenvalue weighted by Gasteiger charge is -2.18. The van der Waals surface area contributed by atoms with Gasteiger partial charge in [-0.15, -0.1) is 0 Å². The average molecular weight is 300 g/mol. The molecule has 2 aromatic rings. The molecule has 0 amide bonds. The van der Waals surface area contributed by atoms with Crippen LogP contribution >= 0.6 is 23.2 Å². The number of aliphatic hydroxyl groups excluding tert-OH is 1. The zero-order chi connectivity index (χ0) is 13.8. The third-order valence-electron chi connectivity index (χ3n) is 2.94. The Labute approximate surface area is 122 Å². The second-order valence-electron chi connectivity index (χ2n) is 4.30. The molecule has 2 rings (SSSR count). The molecule has 19 heavy (non-hydrogen) atoms. The fraction of sp³-hybridized carbons (Fsp3) is 0.286. The highest BCUT2D eigenvalue weighted by Crippen LogP contribution is 2.29. The number of hydrogen-bond donors (Lipinski definition) is 2. The first-order chi connectivity index (χ1) is 9.09. The Balaban J connectivity index is 1.98. The summed E-state index contributed by atoms with van der Waals surface area (Å²) in [5.74, 6) is 0.539. The van der Waals surface area contributed by atoms with E-state index in [1.165, 1.54) is 6.26 Å². The van der Waals surface area contributed by atoms with E-state index in [1.807, 2.05) is 19.1 Å². The number of aliphatic hydroxyl groups is 1. The summed E-state index contributed by atoms with van der Waals surface area (Å²) in [7, 11) is 0. The predicted octanol–water partition coefficient (Wildman–Crippen LogP) is 3.97. The van der Waals surface area contributed by atoms with Gasteiger partial charge in [0.1, 0.15) is 11.9 Å². The van der Waals surface area contributed by atoms with E-state index in [2.05, 4.69) is 5.32 Å². The normalized spacial score (nSPS) is 14.3. The van der Waals surface area contributed by atoms with Crippen molar-refractivity contribution in [3.05, 3.63) is 58.0 Å². The minimum absolute atomic E-state index is 0.0178. The summed E-state index contributed by atoms with van der Waals surface area (Å²) < 4.78 is 5.14. The van der Waals surface area contributed by atoms with Crippen LogP contribution in [0.2, 0.25) is 10.0 Å². The summed E-state index contributed by atoms with van der Waals surface area (Å²) in [4.78, 5) is 0. The van der Waals surface area contributed by atoms with Gasteiger partial charge in [0.05, 0.1) is 16.3 Å². The summed E-state index contributed by atoms with van der Waals surface area (Å²) in [5.41, 5.74) is 0.904. The fourth-order valence-corrected chi connectivity index (χ4v) is 2.31. The second-order valence-corrected chi connectivity index (χ2v) is 5.09. The SMILES string of the molecule is CC(NCC(O)c1ccco1)c1cccc(Cl)c1Cl. The van der Waals surface area contributed by atoms with Crippen LogP contribution in [-0.4, -0.2) is 11.7 Å². The Kier molecular flexibility index (Phi) is 4.88. The number of halogens is 2. The van der Waals surface area contributed by atoms with Crippen LogP contribution in [0, 0.1) is 0 Å². The lowest BCUT2D eigenvalue weighted by molar-refractivity contribution is 0.144. The van der Waals surface area contributed by atoms with Gasteiger partial charge in [0.25, 0.3) is 0 Å². The van der Waals surface area contributed by atoms with Crippen molar-refractivity contribution in [2.75, 3.05) is 6.54 Å². The molecule has 0 aliphatic carbocycles. The van der Waals surface area contributed by atoms with Crippen molar-refractivity contribution in [1.82, 2.24) is 5.32 Å². The first-order valence-corrected chi connectivity index (χ1v) is 6.74. The Morgan fingerprint density at radius 1 is 1.26 bits per heavy atom. The highest BCUT2D eigenvalue weighted by Gasteiger charge is 2.15. The molecule has 2 atom stereocenters. The van der Waals surface area contributed by atoms with Gasteiger partial charge in [-0.25, -0.2) is 0 Å². The first kappa shape index (κ1) is 14.4. The van der Waals surface area contributed by atoms with E-state index in [4.69, 9.17) is 27.6 Å². The van der Waals surface area contributed by atoms with Gasteiger partial charge in [0.2, 0.25) is 0 Å². The molecule has 2 unspecified atom stereocenters. The molecule has 1 heterocycles. The zero-order valence-electron chi connectivity index (χ0n) is 10.4. The van der Waals surface area contributed by atoms with Crippen LogP contribution in [0.5, 0.6) is 0 Å². The van der Waals surface area contributed by atoms with Crippen LogP contribution in [0.3, 0.4) is 0 Å². The van der Waals surface area contributed by atoms with Crippen LogP contribution in [-0.2, 0) is 0 Å². The van der Waals surface area contributed by atoms with Crippen LogP contribution in [0.25, 0.3) is 0 Å². The molecule has 0 aliphatic rings. The van der Waals surface area contributed by atoms with Gasteiger partial charge in [-0.1, -0.05) is 35.3 Å². The minimum atomic E-state index is -0.685. The average Bonchev–Trinajstić information content (AvgIpc) is 2.93. The first-order valence-electron chi connectivity index (χ1n) is 5.98. The van der Waals surface area contributed by atoms with Crippen LogP contribution in [0.1, 0.15) is 30.4 Å². The molecule has 0 saturated heterocycles. The van der Waals surface area contributed by atoms with E-state index in [0.717, 1.165) is 5.56 Å². The summed E-state index contributed by atoms with van der Waals surface area (Å²) in [5, 5.41) is 14.2. The molecule has 0 saturated carbocycles. The Morgan fingerprint density at radius 2 is 2.05 bits per heavy atom. The van der Waals surface area contributed by atoms with Gasteiger partial charge >= 0.3 is 0 Å². The van der Waals surface area contributed by atoms with Crippen molar-refractivity contribution in [1.29, 1.82) is 0 Å². The van der Waals surface area contributed by atoms with Crippen molar-refractivity contribution < 1.29 is 9.52 Å². The molecule has 0 spiro atoms. The Bertz CT molecular complexity index is 528. The summed E-state index contributed by atoms with van der Waals surface area (Å²) >= 11 is 12.1. The lowest BCUT2D eigenvalue weighted by atomic mass is 10.1. The van der Waals surface area contributed by atoms with E-state index in [1.54, 1.807) is 18.2 Å². The zero-order valence-corrected chi connectivity index (χ0v) is 11.9. The quantitative estimate of drug-likeness (QED) is 0.878. The molecule has 5 heteroatoms. The molecule has 102 valence electrons. The van der Waals surface area contributed by atoms with Crippen molar-refractivity contribution in [3.63, 3.8) is 0 Å². The molecule has 2 N–H and O–H groups in total. The number of nitrogens with one attached hydrogen (secondary N) is 1. The lowest BCUT2D eigenvalue weighted by Crippen LogP contribution is -2.24. The van der Waals surface area contributed by atoms with E-state index in [-0.39, 0.29) is 6.04 Å². The van der Waals surface area contributed by atoms with Crippen molar-refractivity contribution >= 4 is 23.2 Å². The number of furan rings is 1. The maximum absolute atomic E-state index is 9.91. The van der Waals surface area contributed by atoms with E-state index in [9.17, 15) is 5.11 Å². The molecule has 0 bridgehead atoms. The van der Waals surface area contributed by atoms with Gasteiger partial charge in [0.15, 0.2) is 0 Å². The summed E-state index contributed by atoms with van der Waals surface area (Å²) in [6, 6.07) is 8.98. The largest absolute Gasteiger partial charge is 0.467 e. The number of rotatable bonds is 5. The van der Waals surface area contributed by atoms with Gasteiger partial charge in [-0.05, 0) is 30.7 Å². The molecule has 3 nitrogen and oxygen atoms in total. The van der Waals surface area contributed by atoms with Crippen LogP contribution in [0.4, 0.5) is 0 Å². The minimum Gasteiger partial charge on any atom is -0.467 e. The van der Waals surface area contributed by atoms with Gasteiger partial charge in [-0.3, -0.25) is 0 Å². The monoisotopic (exact) mass is 299 g/mol. The molecule has 0 aliphatic heterocycles. The summed E-state index contributed by atoms with van der Waals surface area (Å²) in [6.45, 7) is 2.34. The molecule has 1 aromatic carbocycles.